The second-order valence-corrected chi connectivity index (χ2v) is 10.0. The topological polar surface area (TPSA) is 57.6 Å². The van der Waals surface area contributed by atoms with Crippen molar-refractivity contribution in [1.29, 1.82) is 0 Å². The molecule has 142 valence electrons. The Bertz CT molecular complexity index is 404. The lowest BCUT2D eigenvalue weighted by Crippen LogP contribution is -2.29. The zero-order valence-corrected chi connectivity index (χ0v) is 17.4. The van der Waals surface area contributed by atoms with Crippen molar-refractivity contribution in [2.75, 3.05) is 18.8 Å². The molecule has 5 heteroatoms. The fourth-order valence-electron chi connectivity index (χ4n) is 2.74. The second-order valence-electron chi connectivity index (χ2n) is 9.66. The summed E-state index contributed by atoms with van der Waals surface area (Å²) in [6.07, 6.45) is 1.10. The molecule has 1 fully saturated rings. The maximum absolute atomic E-state index is 12.0. The van der Waals surface area contributed by atoms with Gasteiger partial charge in [0, 0.05) is 19.5 Å². The monoisotopic (exact) mass is 359 g/mol. The van der Waals surface area contributed by atoms with Gasteiger partial charge in [0.05, 0.1) is 6.42 Å². The van der Waals surface area contributed by atoms with Crippen LogP contribution < -0.4 is 0 Å². The fourth-order valence-corrected chi connectivity index (χ4v) is 3.15. The molecule has 0 aromatic rings. The van der Waals surface area contributed by atoms with Crippen molar-refractivity contribution >= 4 is 24.5 Å². The standard InChI is InChI=1S/C14H25NO3S.C5H12/c1-14(2,3)6-10-7-15(8-11(10)9-19)12(16)4-5-13(17)18;1-5(2,3)4/h10-11,19H,4-9H2,1-3H3,(H,17,18);1-4H3. The largest absolute Gasteiger partial charge is 0.481 e. The van der Waals surface area contributed by atoms with Gasteiger partial charge in [-0.25, -0.2) is 0 Å². The van der Waals surface area contributed by atoms with Gasteiger partial charge in [0.25, 0.3) is 0 Å². The van der Waals surface area contributed by atoms with Gasteiger partial charge in [-0.3, -0.25) is 9.59 Å². The molecule has 1 rings (SSSR count). The summed E-state index contributed by atoms with van der Waals surface area (Å²) in [6.45, 7) is 16.8. The van der Waals surface area contributed by atoms with Crippen molar-refractivity contribution in [3.05, 3.63) is 0 Å². The Balaban J connectivity index is 0.000000922. The first-order valence-electron chi connectivity index (χ1n) is 8.83. The summed E-state index contributed by atoms with van der Waals surface area (Å²) in [4.78, 5) is 24.3. The van der Waals surface area contributed by atoms with E-state index in [9.17, 15) is 9.59 Å². The van der Waals surface area contributed by atoms with Crippen LogP contribution in [0.3, 0.4) is 0 Å². The predicted octanol–water partition coefficient (Wildman–Crippen LogP) is 4.34. The number of nitrogens with zero attached hydrogens (tertiary/aromatic N) is 1. The number of likely N-dealkylation sites (tertiary alicyclic amines) is 1. The van der Waals surface area contributed by atoms with Crippen LogP contribution in [0.15, 0.2) is 0 Å². The number of carboxylic acids is 1. The van der Waals surface area contributed by atoms with Crippen LogP contribution in [0.4, 0.5) is 0 Å². The number of carboxylic acid groups (broad SMARTS) is 1. The van der Waals surface area contributed by atoms with Crippen LogP contribution in [-0.4, -0.2) is 40.7 Å². The molecule has 2 unspecified atom stereocenters. The highest BCUT2D eigenvalue weighted by molar-refractivity contribution is 7.80. The lowest BCUT2D eigenvalue weighted by molar-refractivity contribution is -0.140. The number of amides is 1. The van der Waals surface area contributed by atoms with Gasteiger partial charge < -0.3 is 10.0 Å². The Hall–Kier alpha value is -0.710. The van der Waals surface area contributed by atoms with Crippen LogP contribution in [0, 0.1) is 22.7 Å². The van der Waals surface area contributed by atoms with E-state index in [0.717, 1.165) is 25.3 Å². The molecule has 1 heterocycles. The van der Waals surface area contributed by atoms with E-state index in [0.29, 0.717) is 17.3 Å². The summed E-state index contributed by atoms with van der Waals surface area (Å²) in [5.74, 6) is 0.737. The third kappa shape index (κ3) is 11.8. The van der Waals surface area contributed by atoms with E-state index in [1.807, 2.05) is 4.90 Å². The number of hydrogen-bond donors (Lipinski definition) is 2. The van der Waals surface area contributed by atoms with E-state index in [1.54, 1.807) is 0 Å². The number of rotatable bonds is 5. The van der Waals surface area contributed by atoms with Crippen molar-refractivity contribution < 1.29 is 14.7 Å². The van der Waals surface area contributed by atoms with Crippen LogP contribution in [0.5, 0.6) is 0 Å². The Kier molecular flexibility index (Phi) is 9.40. The molecule has 24 heavy (non-hydrogen) atoms. The first-order chi connectivity index (χ1) is 10.7. The molecule has 1 saturated heterocycles. The quantitative estimate of drug-likeness (QED) is 0.718. The van der Waals surface area contributed by atoms with Crippen LogP contribution in [0.1, 0.15) is 67.7 Å². The van der Waals surface area contributed by atoms with Crippen molar-refractivity contribution in [3.63, 3.8) is 0 Å². The minimum absolute atomic E-state index is 0.0365. The molecule has 4 nitrogen and oxygen atoms in total. The summed E-state index contributed by atoms with van der Waals surface area (Å²) in [6, 6.07) is 0. The van der Waals surface area contributed by atoms with Crippen molar-refractivity contribution in [2.24, 2.45) is 22.7 Å². The molecule has 0 aromatic heterocycles. The Labute approximate surface area is 153 Å². The van der Waals surface area contributed by atoms with E-state index in [2.05, 4.69) is 61.1 Å². The van der Waals surface area contributed by atoms with Gasteiger partial charge in [-0.1, -0.05) is 48.5 Å². The first-order valence-corrected chi connectivity index (χ1v) is 9.46. The summed E-state index contributed by atoms with van der Waals surface area (Å²) < 4.78 is 0. The third-order valence-electron chi connectivity index (χ3n) is 3.59. The second kappa shape index (κ2) is 9.69. The lowest BCUT2D eigenvalue weighted by Gasteiger charge is -2.25. The van der Waals surface area contributed by atoms with E-state index in [-0.39, 0.29) is 24.2 Å². The van der Waals surface area contributed by atoms with Crippen molar-refractivity contribution in [2.45, 2.75) is 67.7 Å². The zero-order valence-electron chi connectivity index (χ0n) is 16.6. The Morgan fingerprint density at radius 2 is 1.46 bits per heavy atom. The molecule has 0 aliphatic carbocycles. The van der Waals surface area contributed by atoms with Gasteiger partial charge in [0.1, 0.15) is 0 Å². The van der Waals surface area contributed by atoms with Crippen LogP contribution in [0.2, 0.25) is 0 Å². The zero-order chi connectivity index (χ0) is 19.1. The van der Waals surface area contributed by atoms with E-state index >= 15 is 0 Å². The fraction of sp³-hybridized carbons (Fsp3) is 0.895. The summed E-state index contributed by atoms with van der Waals surface area (Å²) in [5, 5.41) is 8.63. The van der Waals surface area contributed by atoms with Gasteiger partial charge in [-0.05, 0) is 34.8 Å². The molecule has 1 amide bonds. The van der Waals surface area contributed by atoms with Crippen molar-refractivity contribution in [3.8, 4) is 0 Å². The summed E-state index contributed by atoms with van der Waals surface area (Å²) in [7, 11) is 0. The van der Waals surface area contributed by atoms with E-state index in [1.165, 1.54) is 0 Å². The molecule has 0 spiro atoms. The number of aliphatic carboxylic acids is 1. The van der Waals surface area contributed by atoms with Gasteiger partial charge in [0.2, 0.25) is 5.91 Å². The highest BCUT2D eigenvalue weighted by atomic mass is 32.1. The van der Waals surface area contributed by atoms with Crippen LogP contribution >= 0.6 is 12.6 Å². The molecule has 1 N–H and O–H groups in total. The molecule has 0 radical (unpaired) electrons. The van der Waals surface area contributed by atoms with Crippen LogP contribution in [0.25, 0.3) is 0 Å². The molecule has 1 aliphatic rings. The first kappa shape index (κ1) is 23.3. The maximum atomic E-state index is 12.0. The van der Waals surface area contributed by atoms with Gasteiger partial charge in [-0.15, -0.1) is 0 Å². The van der Waals surface area contributed by atoms with E-state index < -0.39 is 5.97 Å². The molecule has 0 aromatic carbocycles. The number of carbonyl (C=O) groups excluding carboxylic acids is 1. The smallest absolute Gasteiger partial charge is 0.303 e. The lowest BCUT2D eigenvalue weighted by atomic mass is 9.81. The minimum Gasteiger partial charge on any atom is -0.481 e. The average molecular weight is 360 g/mol. The van der Waals surface area contributed by atoms with Gasteiger partial charge in [0.15, 0.2) is 0 Å². The molecule has 0 bridgehead atoms. The number of carbonyl (C=O) groups is 2. The molecular formula is C19H37NO3S. The number of hydrogen-bond acceptors (Lipinski definition) is 3. The SMILES string of the molecule is CC(C)(C)C.CC(C)(C)CC1CN(C(=O)CCC(=O)O)CC1CS. The average Bonchev–Trinajstić information content (AvgIpc) is 2.74. The highest BCUT2D eigenvalue weighted by Gasteiger charge is 2.36. The highest BCUT2D eigenvalue weighted by Crippen LogP contribution is 2.34. The molecule has 1 aliphatic heterocycles. The third-order valence-corrected chi connectivity index (χ3v) is 4.06. The molecule has 2 atom stereocenters. The summed E-state index contributed by atoms with van der Waals surface area (Å²) >= 11 is 4.39. The summed E-state index contributed by atoms with van der Waals surface area (Å²) in [5.41, 5.74) is 0.742. The Morgan fingerprint density at radius 1 is 1.00 bits per heavy atom. The van der Waals surface area contributed by atoms with Crippen molar-refractivity contribution in [1.82, 2.24) is 4.90 Å². The normalized spacial score (nSPS) is 21.2. The van der Waals surface area contributed by atoms with Crippen LogP contribution in [-0.2, 0) is 9.59 Å². The van der Waals surface area contributed by atoms with Gasteiger partial charge >= 0.3 is 5.97 Å². The van der Waals surface area contributed by atoms with Gasteiger partial charge in [-0.2, -0.15) is 12.6 Å². The molecular weight excluding hydrogens is 322 g/mol. The van der Waals surface area contributed by atoms with E-state index in [4.69, 9.17) is 5.11 Å². The Morgan fingerprint density at radius 3 is 1.83 bits per heavy atom. The molecule has 0 saturated carbocycles. The number of thiol groups is 1. The maximum Gasteiger partial charge on any atom is 0.303 e. The predicted molar refractivity (Wildman–Crippen MR) is 103 cm³/mol. The minimum atomic E-state index is -0.912.